The lowest BCUT2D eigenvalue weighted by molar-refractivity contribution is 0.904. The van der Waals surface area contributed by atoms with Crippen molar-refractivity contribution in [1.82, 2.24) is 38.2 Å². The third-order valence-corrected chi connectivity index (χ3v) is 7.16. The molecule has 0 fully saturated rings. The van der Waals surface area contributed by atoms with Gasteiger partial charge >= 0.3 is 5.69 Å². The lowest BCUT2D eigenvalue weighted by Crippen LogP contribution is -2.22. The number of hydrogen-bond donors (Lipinski definition) is 0. The maximum Gasteiger partial charge on any atom is 0.339 e. The van der Waals surface area contributed by atoms with Gasteiger partial charge in [-0.2, -0.15) is 0 Å². The van der Waals surface area contributed by atoms with Gasteiger partial charge in [-0.3, -0.25) is 13.7 Å². The molecule has 0 N–H and O–H groups in total. The van der Waals surface area contributed by atoms with Crippen LogP contribution in [0.15, 0.2) is 120 Å². The molecule has 0 unspecified atom stereocenters. The zero-order chi connectivity index (χ0) is 30.0. The number of para-hydroxylation sites is 3. The summed E-state index contributed by atoms with van der Waals surface area (Å²) in [5, 5.41) is 0. The van der Waals surface area contributed by atoms with Crippen LogP contribution in [0.5, 0.6) is 0 Å². The van der Waals surface area contributed by atoms with Gasteiger partial charge in [-0.15, -0.1) is 0 Å². The maximum atomic E-state index is 14.0. The Labute approximate surface area is 237 Å². The van der Waals surface area contributed by atoms with Gasteiger partial charge in [0.05, 0.1) is 38.8 Å². The molecule has 0 radical (unpaired) electrons. The fraction of sp³-hybridized carbons (Fsp3) is 0.0312. The van der Waals surface area contributed by atoms with Crippen LogP contribution in [0, 0.1) is 6.85 Å². The van der Waals surface area contributed by atoms with E-state index in [4.69, 9.17) is 9.10 Å². The number of fused-ring (bicyclic) bond motifs is 3. The molecule has 3 aromatic carbocycles. The van der Waals surface area contributed by atoms with Gasteiger partial charge < -0.3 is 0 Å². The van der Waals surface area contributed by atoms with Gasteiger partial charge in [0.1, 0.15) is 29.6 Å². The summed E-state index contributed by atoms with van der Waals surface area (Å²) in [5.74, 6) is 1.22. The van der Waals surface area contributed by atoms with Crippen molar-refractivity contribution in [3.63, 3.8) is 0 Å². The van der Waals surface area contributed by atoms with E-state index in [1.165, 1.54) is 9.13 Å². The molecule has 0 aliphatic rings. The minimum absolute atomic E-state index is 0.140. The van der Waals surface area contributed by atoms with Crippen molar-refractivity contribution < 1.29 is 4.11 Å². The molecule has 5 aromatic heterocycles. The van der Waals surface area contributed by atoms with E-state index in [9.17, 15) is 4.79 Å². The molecule has 196 valence electrons. The number of hydrogen-bond acceptors (Lipinski definition) is 5. The minimum atomic E-state index is -2.56. The number of imidazole rings is 3. The molecule has 9 heteroatoms. The quantitative estimate of drug-likeness (QED) is 0.293. The lowest BCUT2D eigenvalue weighted by Gasteiger charge is -2.10. The summed E-state index contributed by atoms with van der Waals surface area (Å²) in [6.07, 6.45) is 3.31. The Morgan fingerprint density at radius 3 is 2.24 bits per heavy atom. The molecule has 5 heterocycles. The van der Waals surface area contributed by atoms with E-state index in [1.807, 2.05) is 77.4 Å². The van der Waals surface area contributed by atoms with Gasteiger partial charge in [0.2, 0.25) is 0 Å². The highest BCUT2D eigenvalue weighted by molar-refractivity contribution is 5.94. The van der Waals surface area contributed by atoms with Crippen LogP contribution in [-0.2, 0) is 0 Å². The smallest absolute Gasteiger partial charge is 0.283 e. The largest absolute Gasteiger partial charge is 0.339 e. The van der Waals surface area contributed by atoms with E-state index in [0.29, 0.717) is 45.2 Å². The van der Waals surface area contributed by atoms with Crippen molar-refractivity contribution in [2.24, 2.45) is 0 Å². The van der Waals surface area contributed by atoms with Crippen molar-refractivity contribution >= 4 is 33.1 Å². The van der Waals surface area contributed by atoms with Gasteiger partial charge in [-0.25, -0.2) is 29.3 Å². The van der Waals surface area contributed by atoms with E-state index in [0.717, 1.165) is 11.0 Å². The molecule has 9 nitrogen and oxygen atoms in total. The predicted molar refractivity (Wildman–Crippen MR) is 158 cm³/mol. The number of nitrogens with zero attached hydrogens (tertiary/aromatic N) is 8. The highest BCUT2D eigenvalue weighted by Crippen LogP contribution is 2.29. The van der Waals surface area contributed by atoms with Gasteiger partial charge in [0, 0.05) is 10.3 Å². The molecule has 41 heavy (non-hydrogen) atoms. The van der Waals surface area contributed by atoms with Crippen molar-refractivity contribution in [3.8, 4) is 23.1 Å². The normalized spacial score (nSPS) is 13.0. The Hall–Kier alpha value is -5.83. The Balaban J connectivity index is 1.44. The summed E-state index contributed by atoms with van der Waals surface area (Å²) < 4.78 is 31.6. The van der Waals surface area contributed by atoms with E-state index >= 15 is 0 Å². The van der Waals surface area contributed by atoms with Crippen LogP contribution in [0.4, 0.5) is 0 Å². The Morgan fingerprint density at radius 1 is 0.610 bits per heavy atom. The monoisotopic (exact) mass is 537 g/mol. The molecule has 0 amide bonds. The molecule has 0 bridgehead atoms. The summed E-state index contributed by atoms with van der Waals surface area (Å²) >= 11 is 0. The van der Waals surface area contributed by atoms with E-state index < -0.39 is 6.85 Å². The number of aromatic nitrogens is 8. The van der Waals surface area contributed by atoms with Crippen molar-refractivity contribution in [2.45, 2.75) is 6.85 Å². The molecule has 0 atom stereocenters. The van der Waals surface area contributed by atoms with Crippen LogP contribution in [-0.4, -0.2) is 38.2 Å². The molecule has 0 aliphatic carbocycles. The summed E-state index contributed by atoms with van der Waals surface area (Å²) in [4.78, 5) is 32.4. The molecular weight excluding hydrogens is 512 g/mol. The van der Waals surface area contributed by atoms with Crippen LogP contribution in [0.25, 0.3) is 56.2 Å². The SMILES string of the molecule is [2H]C([2H])([2H])c1nc2cc3c(cc2n1-c1cccc(-n2cnc4ccccc42)n1)n(-c1ccccn1)c(=O)n3-c1ccccc1. The highest BCUT2D eigenvalue weighted by atomic mass is 16.1. The van der Waals surface area contributed by atoms with Gasteiger partial charge in [-0.05, 0) is 67.5 Å². The number of pyridine rings is 2. The summed E-state index contributed by atoms with van der Waals surface area (Å²) in [6.45, 7) is -2.56. The molecule has 0 saturated heterocycles. The second-order valence-electron chi connectivity index (χ2n) is 9.53. The summed E-state index contributed by atoms with van der Waals surface area (Å²) in [7, 11) is 0. The first kappa shape index (κ1) is 20.1. The van der Waals surface area contributed by atoms with Crippen LogP contribution in [0.2, 0.25) is 0 Å². The molecule has 0 aliphatic heterocycles. The summed E-state index contributed by atoms with van der Waals surface area (Å²) in [6, 6.07) is 31.2. The fourth-order valence-electron chi connectivity index (χ4n) is 5.34. The third kappa shape index (κ3) is 3.52. The van der Waals surface area contributed by atoms with Crippen LogP contribution >= 0.6 is 0 Å². The first-order valence-electron chi connectivity index (χ1n) is 14.5. The average Bonchev–Trinajstić information content (AvgIpc) is 3.72. The zero-order valence-corrected chi connectivity index (χ0v) is 21.5. The second kappa shape index (κ2) is 8.85. The molecule has 0 spiro atoms. The Bertz CT molecular complexity index is 2400. The third-order valence-electron chi connectivity index (χ3n) is 7.16. The first-order chi connectivity index (χ1) is 21.4. The molecular formula is C32H22N8O. The second-order valence-corrected chi connectivity index (χ2v) is 9.53. The Kier molecular flexibility index (Phi) is 4.35. The van der Waals surface area contributed by atoms with Gasteiger partial charge in [0.25, 0.3) is 0 Å². The van der Waals surface area contributed by atoms with Crippen LogP contribution in [0.3, 0.4) is 0 Å². The Morgan fingerprint density at radius 2 is 1.39 bits per heavy atom. The standard InChI is InChI=1S/C32H22N8O/c1-21-35-24-18-27-28(40(29-14-7-8-17-33-29)32(41)39(27)22-10-3-2-4-11-22)19-26(24)38(21)31-16-9-15-30(36-31)37-20-34-23-12-5-6-13-25(23)37/h2-20H,1H3/i1D3. The van der Waals surface area contributed by atoms with Gasteiger partial charge in [0.15, 0.2) is 0 Å². The highest BCUT2D eigenvalue weighted by Gasteiger charge is 2.21. The van der Waals surface area contributed by atoms with Gasteiger partial charge in [-0.1, -0.05) is 42.5 Å². The van der Waals surface area contributed by atoms with Crippen LogP contribution in [0.1, 0.15) is 9.94 Å². The van der Waals surface area contributed by atoms with E-state index in [2.05, 4.69) is 15.0 Å². The lowest BCUT2D eigenvalue weighted by atomic mass is 10.2. The minimum Gasteiger partial charge on any atom is -0.283 e. The number of benzene rings is 3. The first-order valence-corrected chi connectivity index (χ1v) is 13.0. The fourth-order valence-corrected chi connectivity index (χ4v) is 5.34. The van der Waals surface area contributed by atoms with E-state index in [1.54, 1.807) is 47.4 Å². The van der Waals surface area contributed by atoms with Crippen LogP contribution < -0.4 is 5.69 Å². The number of rotatable bonds is 4. The zero-order valence-electron chi connectivity index (χ0n) is 24.5. The average molecular weight is 538 g/mol. The molecule has 8 aromatic rings. The van der Waals surface area contributed by atoms with Crippen molar-refractivity contribution in [1.29, 1.82) is 0 Å². The van der Waals surface area contributed by atoms with Crippen molar-refractivity contribution in [3.05, 3.63) is 132 Å². The summed E-state index contributed by atoms with van der Waals surface area (Å²) in [5.41, 5.74) is 4.03. The van der Waals surface area contributed by atoms with E-state index in [-0.39, 0.29) is 11.5 Å². The predicted octanol–water partition coefficient (Wildman–Crippen LogP) is 5.56. The maximum absolute atomic E-state index is 14.0. The topological polar surface area (TPSA) is 88.3 Å². The van der Waals surface area contributed by atoms with Crippen molar-refractivity contribution in [2.75, 3.05) is 0 Å². The molecule has 0 saturated carbocycles. The molecule has 8 rings (SSSR count). The number of aryl methyl sites for hydroxylation is 1.